The van der Waals surface area contributed by atoms with E-state index in [4.69, 9.17) is 22.7 Å². The molecule has 1 aromatic rings. The number of aryl methyl sites for hydroxylation is 1. The van der Waals surface area contributed by atoms with Crippen LogP contribution in [0.15, 0.2) is 24.3 Å². The number of amides is 1. The molecule has 110 valence electrons. The first-order valence-corrected chi connectivity index (χ1v) is 7.05. The van der Waals surface area contributed by atoms with Gasteiger partial charge in [-0.15, -0.1) is 0 Å². The maximum absolute atomic E-state index is 12.2. The summed E-state index contributed by atoms with van der Waals surface area (Å²) in [7, 11) is 1.63. The van der Waals surface area contributed by atoms with Crippen LogP contribution in [0.3, 0.4) is 0 Å². The Labute approximate surface area is 125 Å². The molecule has 1 rings (SSSR count). The molecule has 5 heteroatoms. The van der Waals surface area contributed by atoms with Crippen molar-refractivity contribution in [2.45, 2.75) is 32.7 Å². The zero-order valence-electron chi connectivity index (χ0n) is 12.3. The third-order valence-corrected chi connectivity index (χ3v) is 3.19. The van der Waals surface area contributed by atoms with Crippen molar-refractivity contribution in [3.05, 3.63) is 29.8 Å². The standard InChI is InChI=1S/C15H22N2O2S/c1-11(2)17(10-14(16)20)15(18)9-6-12-4-7-13(19-3)8-5-12/h4-5,7-8,11H,6,9-10H2,1-3H3,(H2,16,20). The highest BCUT2D eigenvalue weighted by Crippen LogP contribution is 2.13. The Morgan fingerprint density at radius 3 is 2.40 bits per heavy atom. The molecule has 0 atom stereocenters. The lowest BCUT2D eigenvalue weighted by molar-refractivity contribution is -0.131. The van der Waals surface area contributed by atoms with Gasteiger partial charge >= 0.3 is 0 Å². The van der Waals surface area contributed by atoms with Crippen LogP contribution in [-0.2, 0) is 11.2 Å². The van der Waals surface area contributed by atoms with E-state index >= 15 is 0 Å². The summed E-state index contributed by atoms with van der Waals surface area (Å²) < 4.78 is 5.10. The molecule has 0 spiro atoms. The van der Waals surface area contributed by atoms with E-state index in [-0.39, 0.29) is 11.9 Å². The van der Waals surface area contributed by atoms with Gasteiger partial charge in [-0.3, -0.25) is 4.79 Å². The van der Waals surface area contributed by atoms with Gasteiger partial charge in [-0.25, -0.2) is 0 Å². The average Bonchev–Trinajstić information content (AvgIpc) is 2.42. The lowest BCUT2D eigenvalue weighted by Gasteiger charge is -2.26. The first-order valence-electron chi connectivity index (χ1n) is 6.64. The predicted molar refractivity (Wildman–Crippen MR) is 84.9 cm³/mol. The minimum absolute atomic E-state index is 0.0728. The smallest absolute Gasteiger partial charge is 0.223 e. The zero-order chi connectivity index (χ0) is 15.1. The molecule has 0 heterocycles. The number of hydrogen-bond donors (Lipinski definition) is 1. The predicted octanol–water partition coefficient (Wildman–Crippen LogP) is 2.15. The number of nitrogens with zero attached hydrogens (tertiary/aromatic N) is 1. The third-order valence-electron chi connectivity index (χ3n) is 3.06. The van der Waals surface area contributed by atoms with Crippen LogP contribution in [0.4, 0.5) is 0 Å². The molecule has 20 heavy (non-hydrogen) atoms. The van der Waals surface area contributed by atoms with Gasteiger partial charge in [-0.1, -0.05) is 24.4 Å². The second-order valence-electron chi connectivity index (χ2n) is 4.93. The fourth-order valence-corrected chi connectivity index (χ4v) is 2.05. The first-order chi connectivity index (χ1) is 9.43. The number of nitrogens with two attached hydrogens (primary N) is 1. The van der Waals surface area contributed by atoms with Gasteiger partial charge in [0.15, 0.2) is 0 Å². The van der Waals surface area contributed by atoms with E-state index in [1.165, 1.54) is 0 Å². The Morgan fingerprint density at radius 1 is 1.35 bits per heavy atom. The van der Waals surface area contributed by atoms with Crippen LogP contribution in [-0.4, -0.2) is 35.5 Å². The van der Waals surface area contributed by atoms with Crippen molar-refractivity contribution in [3.8, 4) is 5.75 Å². The van der Waals surface area contributed by atoms with Crippen molar-refractivity contribution < 1.29 is 9.53 Å². The second-order valence-corrected chi connectivity index (χ2v) is 5.45. The lowest BCUT2D eigenvalue weighted by atomic mass is 10.1. The maximum atomic E-state index is 12.2. The van der Waals surface area contributed by atoms with E-state index in [9.17, 15) is 4.79 Å². The monoisotopic (exact) mass is 294 g/mol. The van der Waals surface area contributed by atoms with Crippen molar-refractivity contribution in [2.24, 2.45) is 5.73 Å². The molecule has 2 N–H and O–H groups in total. The summed E-state index contributed by atoms with van der Waals surface area (Å²) in [5.41, 5.74) is 6.64. The van der Waals surface area contributed by atoms with E-state index in [1.54, 1.807) is 12.0 Å². The number of ether oxygens (including phenoxy) is 1. The molecule has 0 aliphatic heterocycles. The molecular weight excluding hydrogens is 272 g/mol. The summed E-state index contributed by atoms with van der Waals surface area (Å²) >= 11 is 4.89. The van der Waals surface area contributed by atoms with Crippen LogP contribution in [0.2, 0.25) is 0 Å². The quantitative estimate of drug-likeness (QED) is 0.783. The van der Waals surface area contributed by atoms with E-state index < -0.39 is 0 Å². The summed E-state index contributed by atoms with van der Waals surface area (Å²) in [4.78, 5) is 14.3. The number of rotatable bonds is 7. The van der Waals surface area contributed by atoms with Gasteiger partial charge in [-0.2, -0.15) is 0 Å². The molecule has 0 aliphatic rings. The molecule has 0 fully saturated rings. The molecule has 0 aromatic heterocycles. The van der Waals surface area contributed by atoms with Crippen LogP contribution in [0, 0.1) is 0 Å². The Bertz CT molecular complexity index is 457. The fourth-order valence-electron chi connectivity index (χ4n) is 1.91. The van der Waals surface area contributed by atoms with Crippen molar-refractivity contribution >= 4 is 23.1 Å². The number of benzene rings is 1. The van der Waals surface area contributed by atoms with Crippen molar-refractivity contribution in [1.29, 1.82) is 0 Å². The van der Waals surface area contributed by atoms with E-state index in [0.717, 1.165) is 11.3 Å². The summed E-state index contributed by atoms with van der Waals surface area (Å²) in [5.74, 6) is 0.890. The topological polar surface area (TPSA) is 55.6 Å². The molecule has 0 saturated carbocycles. The van der Waals surface area contributed by atoms with Gasteiger partial charge in [0.05, 0.1) is 18.6 Å². The van der Waals surface area contributed by atoms with E-state index in [1.807, 2.05) is 38.1 Å². The van der Waals surface area contributed by atoms with E-state index in [0.29, 0.717) is 24.4 Å². The second kappa shape index (κ2) is 7.85. The molecule has 0 bridgehead atoms. The van der Waals surface area contributed by atoms with Crippen molar-refractivity contribution in [3.63, 3.8) is 0 Å². The van der Waals surface area contributed by atoms with Crippen LogP contribution < -0.4 is 10.5 Å². The Morgan fingerprint density at radius 2 is 1.95 bits per heavy atom. The number of carbonyl (C=O) groups excluding carboxylic acids is 1. The van der Waals surface area contributed by atoms with Crippen LogP contribution in [0.25, 0.3) is 0 Å². The van der Waals surface area contributed by atoms with Gasteiger partial charge in [0, 0.05) is 12.5 Å². The minimum Gasteiger partial charge on any atom is -0.497 e. The van der Waals surface area contributed by atoms with Gasteiger partial charge < -0.3 is 15.4 Å². The highest BCUT2D eigenvalue weighted by Gasteiger charge is 2.17. The molecule has 0 saturated heterocycles. The Balaban J connectivity index is 2.57. The molecular formula is C15H22N2O2S. The third kappa shape index (κ3) is 5.17. The van der Waals surface area contributed by atoms with E-state index in [2.05, 4.69) is 0 Å². The summed E-state index contributed by atoms with van der Waals surface area (Å²) in [6.45, 7) is 4.27. The van der Waals surface area contributed by atoms with Gasteiger partial charge in [0.1, 0.15) is 5.75 Å². The Hall–Kier alpha value is -1.62. The zero-order valence-corrected chi connectivity index (χ0v) is 13.1. The highest BCUT2D eigenvalue weighted by molar-refractivity contribution is 7.80. The highest BCUT2D eigenvalue weighted by atomic mass is 32.1. The number of hydrogen-bond acceptors (Lipinski definition) is 3. The van der Waals surface area contributed by atoms with Gasteiger partial charge in [0.25, 0.3) is 0 Å². The van der Waals surface area contributed by atoms with Crippen molar-refractivity contribution in [2.75, 3.05) is 13.7 Å². The molecule has 4 nitrogen and oxygen atoms in total. The largest absolute Gasteiger partial charge is 0.497 e. The summed E-state index contributed by atoms with van der Waals surface area (Å²) in [5, 5.41) is 0. The molecule has 0 radical (unpaired) electrons. The van der Waals surface area contributed by atoms with Crippen LogP contribution in [0.1, 0.15) is 25.8 Å². The summed E-state index contributed by atoms with van der Waals surface area (Å²) in [6, 6.07) is 7.84. The average molecular weight is 294 g/mol. The van der Waals surface area contributed by atoms with Crippen molar-refractivity contribution in [1.82, 2.24) is 4.90 Å². The molecule has 1 amide bonds. The fraction of sp³-hybridized carbons (Fsp3) is 0.467. The van der Waals surface area contributed by atoms with Gasteiger partial charge in [-0.05, 0) is 38.0 Å². The van der Waals surface area contributed by atoms with Gasteiger partial charge in [0.2, 0.25) is 5.91 Å². The van der Waals surface area contributed by atoms with Crippen LogP contribution in [0.5, 0.6) is 5.75 Å². The van der Waals surface area contributed by atoms with Crippen LogP contribution >= 0.6 is 12.2 Å². The SMILES string of the molecule is COc1ccc(CCC(=O)N(CC(N)=S)C(C)C)cc1. The first kappa shape index (κ1) is 16.4. The molecule has 0 unspecified atom stereocenters. The maximum Gasteiger partial charge on any atom is 0.223 e. The normalized spacial score (nSPS) is 10.4. The number of thiocarbonyl (C=S) groups is 1. The molecule has 0 aliphatic carbocycles. The lowest BCUT2D eigenvalue weighted by Crippen LogP contribution is -2.42. The minimum atomic E-state index is 0.0728. The molecule has 1 aromatic carbocycles. The summed E-state index contributed by atoms with van der Waals surface area (Å²) in [6.07, 6.45) is 1.15. The Kier molecular flexibility index (Phi) is 6.45. The number of carbonyl (C=O) groups is 1. The number of methoxy groups -OCH3 is 1.